The maximum Gasteiger partial charge on any atom is 0.414 e. The third kappa shape index (κ3) is 9.20. The second-order valence-corrected chi connectivity index (χ2v) is 8.76. The van der Waals surface area contributed by atoms with Crippen molar-refractivity contribution >= 4 is 29.5 Å². The highest BCUT2D eigenvalue weighted by molar-refractivity contribution is 6.30. The molecule has 0 radical (unpaired) electrons. The molecule has 0 spiro atoms. The minimum atomic E-state index is -1.82. The number of hydrogen-bond donors (Lipinski definition) is 4. The number of fused-ring (bicyclic) bond motifs is 1. The summed E-state index contributed by atoms with van der Waals surface area (Å²) in [6.07, 6.45) is 2.13. The quantitative estimate of drug-likeness (QED) is 0.313. The minimum absolute atomic E-state index is 0.0893. The van der Waals surface area contributed by atoms with Crippen molar-refractivity contribution in [2.24, 2.45) is 0 Å². The molecule has 0 fully saturated rings. The van der Waals surface area contributed by atoms with Crippen LogP contribution in [0, 0.1) is 0 Å². The van der Waals surface area contributed by atoms with Gasteiger partial charge in [-0.3, -0.25) is 0 Å². The SMILES string of the molecule is CCOC(=O)COc1ccc2c(c1)C[C@@](C)(NC[C@H](O)c1cccc(Cl)c1)CC2.O=C(O)C(=O)O. The number of halogens is 1. The average Bonchev–Trinajstić information content (AvgIpc) is 2.81. The molecular weight excluding hydrogens is 478 g/mol. The second kappa shape index (κ2) is 13.1. The van der Waals surface area contributed by atoms with Gasteiger partial charge in [0.15, 0.2) is 6.61 Å². The Morgan fingerprint density at radius 2 is 1.83 bits per heavy atom. The van der Waals surface area contributed by atoms with Crippen molar-refractivity contribution in [2.45, 2.75) is 44.8 Å². The normalized spacial score (nSPS) is 17.3. The number of hydrogen-bond acceptors (Lipinski definition) is 7. The monoisotopic (exact) mass is 507 g/mol. The number of carbonyl (C=O) groups excluding carboxylic acids is 1. The summed E-state index contributed by atoms with van der Waals surface area (Å²) in [5.41, 5.74) is 3.17. The fraction of sp³-hybridized carbons (Fsp3) is 0.400. The van der Waals surface area contributed by atoms with Crippen molar-refractivity contribution in [3.05, 3.63) is 64.2 Å². The predicted molar refractivity (Wildman–Crippen MR) is 129 cm³/mol. The van der Waals surface area contributed by atoms with E-state index in [9.17, 15) is 9.90 Å². The molecule has 0 unspecified atom stereocenters. The van der Waals surface area contributed by atoms with Gasteiger partial charge in [-0.25, -0.2) is 14.4 Å². The van der Waals surface area contributed by atoms with Crippen molar-refractivity contribution < 1.29 is 39.2 Å². The van der Waals surface area contributed by atoms with Crippen molar-refractivity contribution in [2.75, 3.05) is 19.8 Å². The van der Waals surface area contributed by atoms with Gasteiger partial charge in [-0.05, 0) is 74.1 Å². The van der Waals surface area contributed by atoms with Crippen molar-refractivity contribution in [3.8, 4) is 5.75 Å². The van der Waals surface area contributed by atoms with Gasteiger partial charge in [0.2, 0.25) is 0 Å². The van der Waals surface area contributed by atoms with E-state index in [4.69, 9.17) is 40.9 Å². The van der Waals surface area contributed by atoms with Gasteiger partial charge in [0.25, 0.3) is 0 Å². The highest BCUT2D eigenvalue weighted by Gasteiger charge is 2.30. The van der Waals surface area contributed by atoms with Gasteiger partial charge in [0.1, 0.15) is 5.75 Å². The molecule has 0 aromatic heterocycles. The van der Waals surface area contributed by atoms with Gasteiger partial charge in [-0.1, -0.05) is 29.8 Å². The maximum atomic E-state index is 11.5. The smallest absolute Gasteiger partial charge is 0.414 e. The van der Waals surface area contributed by atoms with Crippen molar-refractivity contribution in [1.29, 1.82) is 0 Å². The summed E-state index contributed by atoms with van der Waals surface area (Å²) in [6, 6.07) is 13.3. The Labute approximate surface area is 208 Å². The number of esters is 1. The first-order chi connectivity index (χ1) is 16.5. The van der Waals surface area contributed by atoms with Gasteiger partial charge in [-0.15, -0.1) is 0 Å². The molecule has 2 aromatic rings. The molecule has 4 N–H and O–H groups in total. The Morgan fingerprint density at radius 3 is 2.46 bits per heavy atom. The Kier molecular flexibility index (Phi) is 10.5. The summed E-state index contributed by atoms with van der Waals surface area (Å²) in [7, 11) is 0. The van der Waals surface area contributed by atoms with Crippen LogP contribution in [0.1, 0.15) is 43.1 Å². The summed E-state index contributed by atoms with van der Waals surface area (Å²) in [4.78, 5) is 29.7. The molecule has 190 valence electrons. The summed E-state index contributed by atoms with van der Waals surface area (Å²) in [5, 5.41) is 29.4. The van der Waals surface area contributed by atoms with Crippen LogP contribution in [0.4, 0.5) is 0 Å². The zero-order chi connectivity index (χ0) is 26.0. The molecule has 9 nitrogen and oxygen atoms in total. The predicted octanol–water partition coefficient (Wildman–Crippen LogP) is 3.01. The van der Waals surface area contributed by atoms with E-state index < -0.39 is 18.0 Å². The van der Waals surface area contributed by atoms with E-state index in [2.05, 4.69) is 18.3 Å². The van der Waals surface area contributed by atoms with Crippen LogP contribution in [0.15, 0.2) is 42.5 Å². The molecule has 0 saturated heterocycles. The van der Waals surface area contributed by atoms with Crippen LogP contribution in [0.25, 0.3) is 0 Å². The first kappa shape index (κ1) is 28.1. The highest BCUT2D eigenvalue weighted by atomic mass is 35.5. The standard InChI is InChI=1S/C23H28ClNO4.C2H2O4/c1-3-28-22(27)15-29-20-8-7-16-9-10-23(2,13-18(16)12-20)25-14-21(26)17-5-4-6-19(24)11-17;3-1(4)2(5)6/h4-8,11-12,21,25-26H,3,9-10,13-15H2,1-2H3;(H,3,4)(H,5,6)/t21-,23-;/m0./s1. The lowest BCUT2D eigenvalue weighted by Gasteiger charge is -2.37. The van der Waals surface area contributed by atoms with Crippen LogP contribution in [0.3, 0.4) is 0 Å². The Bertz CT molecular complexity index is 1030. The minimum Gasteiger partial charge on any atom is -0.482 e. The number of aliphatic hydroxyl groups is 1. The van der Waals surface area contributed by atoms with Gasteiger partial charge in [-0.2, -0.15) is 0 Å². The number of carboxylic acids is 2. The van der Waals surface area contributed by atoms with Gasteiger partial charge in [0.05, 0.1) is 12.7 Å². The number of aliphatic carboxylic acids is 2. The number of rotatable bonds is 8. The topological polar surface area (TPSA) is 142 Å². The number of carboxylic acid groups (broad SMARTS) is 2. The average molecular weight is 508 g/mol. The lowest BCUT2D eigenvalue weighted by molar-refractivity contribution is -0.159. The summed E-state index contributed by atoms with van der Waals surface area (Å²) in [6.45, 7) is 4.65. The van der Waals surface area contributed by atoms with Gasteiger partial charge in [0, 0.05) is 17.1 Å². The molecule has 0 saturated carbocycles. The number of ether oxygens (including phenoxy) is 2. The van der Waals surface area contributed by atoms with Crippen LogP contribution >= 0.6 is 11.6 Å². The zero-order valence-electron chi connectivity index (χ0n) is 19.6. The Balaban J connectivity index is 0.000000641. The molecule has 0 amide bonds. The largest absolute Gasteiger partial charge is 0.482 e. The Hall–Kier alpha value is -3.14. The number of carbonyl (C=O) groups is 3. The second-order valence-electron chi connectivity index (χ2n) is 8.32. The molecule has 10 heteroatoms. The summed E-state index contributed by atoms with van der Waals surface area (Å²) < 4.78 is 10.5. The third-order valence-corrected chi connectivity index (χ3v) is 5.74. The Morgan fingerprint density at radius 1 is 1.11 bits per heavy atom. The number of aliphatic hydroxyl groups excluding tert-OH is 1. The summed E-state index contributed by atoms with van der Waals surface area (Å²) in [5.74, 6) is -3.35. The van der Waals surface area contributed by atoms with E-state index in [0.29, 0.717) is 23.9 Å². The van der Waals surface area contributed by atoms with E-state index in [0.717, 1.165) is 24.8 Å². The molecule has 2 aromatic carbocycles. The van der Waals surface area contributed by atoms with E-state index in [1.165, 1.54) is 11.1 Å². The first-order valence-corrected chi connectivity index (χ1v) is 11.5. The molecule has 0 aliphatic heterocycles. The highest BCUT2D eigenvalue weighted by Crippen LogP contribution is 2.31. The molecule has 3 rings (SSSR count). The lowest BCUT2D eigenvalue weighted by atomic mass is 9.79. The summed E-state index contributed by atoms with van der Waals surface area (Å²) >= 11 is 6.03. The van der Waals surface area contributed by atoms with Gasteiger partial charge < -0.3 is 30.1 Å². The van der Waals surface area contributed by atoms with Crippen LogP contribution in [0.5, 0.6) is 5.75 Å². The fourth-order valence-corrected chi connectivity index (χ4v) is 3.89. The van der Waals surface area contributed by atoms with E-state index in [-0.39, 0.29) is 18.1 Å². The number of nitrogens with one attached hydrogen (secondary N) is 1. The molecule has 35 heavy (non-hydrogen) atoms. The first-order valence-electron chi connectivity index (χ1n) is 11.1. The molecule has 1 aliphatic carbocycles. The van der Waals surface area contributed by atoms with Crippen LogP contribution in [-0.4, -0.2) is 58.5 Å². The van der Waals surface area contributed by atoms with Crippen LogP contribution < -0.4 is 10.1 Å². The van der Waals surface area contributed by atoms with Crippen molar-refractivity contribution in [3.63, 3.8) is 0 Å². The maximum absolute atomic E-state index is 11.5. The lowest BCUT2D eigenvalue weighted by Crippen LogP contribution is -2.48. The van der Waals surface area contributed by atoms with Crippen molar-refractivity contribution in [1.82, 2.24) is 5.32 Å². The number of β-amino-alcohol motifs (C(OH)–C–C–N with tert-alkyl or cyclic N) is 1. The number of benzene rings is 2. The van der Waals surface area contributed by atoms with Crippen LogP contribution in [0.2, 0.25) is 5.02 Å². The molecule has 0 heterocycles. The fourth-order valence-electron chi connectivity index (χ4n) is 3.69. The van der Waals surface area contributed by atoms with Gasteiger partial charge >= 0.3 is 17.9 Å². The van der Waals surface area contributed by atoms with E-state index >= 15 is 0 Å². The van der Waals surface area contributed by atoms with E-state index in [1.807, 2.05) is 24.3 Å². The third-order valence-electron chi connectivity index (χ3n) is 5.51. The number of aryl methyl sites for hydroxylation is 1. The van der Waals surface area contributed by atoms with E-state index in [1.54, 1.807) is 19.1 Å². The molecule has 2 atom stereocenters. The molecule has 1 aliphatic rings. The zero-order valence-corrected chi connectivity index (χ0v) is 20.4. The molecular formula is C25H30ClNO8. The van der Waals surface area contributed by atoms with Crippen LogP contribution in [-0.2, 0) is 32.0 Å². The molecule has 0 bridgehead atoms.